The molecule has 0 spiro atoms. The Morgan fingerprint density at radius 1 is 1.40 bits per heavy atom. The Bertz CT molecular complexity index is 917. The topological polar surface area (TPSA) is 130 Å². The molecule has 0 saturated carbocycles. The number of benzene rings is 1. The summed E-state index contributed by atoms with van der Waals surface area (Å²) < 4.78 is 1.01. The number of nitrogens with two attached hydrogens (primary N) is 1. The van der Waals surface area contributed by atoms with E-state index in [9.17, 15) is 9.59 Å². The van der Waals surface area contributed by atoms with Crippen molar-refractivity contribution in [1.29, 1.82) is 0 Å². The fraction of sp³-hybridized carbons (Fsp3) is 0.267. The van der Waals surface area contributed by atoms with Gasteiger partial charge in [0.2, 0.25) is 17.8 Å². The zero-order valence-electron chi connectivity index (χ0n) is 13.1. The number of aromatic amines is 1. The van der Waals surface area contributed by atoms with Gasteiger partial charge in [0.15, 0.2) is 5.13 Å². The molecule has 10 heteroatoms. The minimum atomic E-state index is -0.417. The number of nitrogens with one attached hydrogen (secondary N) is 2. The zero-order chi connectivity index (χ0) is 17.4. The number of H-pyrrole nitrogens is 1. The van der Waals surface area contributed by atoms with Crippen LogP contribution in [0.5, 0.6) is 0 Å². The number of aromatic nitrogens is 4. The first-order chi connectivity index (χ1) is 12.1. The van der Waals surface area contributed by atoms with Gasteiger partial charge in [0.1, 0.15) is 5.82 Å². The molecule has 128 valence electrons. The lowest BCUT2D eigenvalue weighted by Crippen LogP contribution is -2.32. The van der Waals surface area contributed by atoms with Crippen LogP contribution in [-0.4, -0.2) is 38.5 Å². The highest BCUT2D eigenvalue weighted by molar-refractivity contribution is 7.22. The van der Waals surface area contributed by atoms with Crippen molar-refractivity contribution < 1.29 is 9.59 Å². The quantitative estimate of drug-likeness (QED) is 0.629. The highest BCUT2D eigenvalue weighted by atomic mass is 32.1. The number of rotatable bonds is 4. The normalized spacial score (nSPS) is 17.4. The Kier molecular flexibility index (Phi) is 3.80. The lowest BCUT2D eigenvalue weighted by atomic mass is 10.1. The van der Waals surface area contributed by atoms with Gasteiger partial charge >= 0.3 is 0 Å². The molecule has 3 heterocycles. The molecule has 4 rings (SSSR count). The monoisotopic (exact) mass is 357 g/mol. The summed E-state index contributed by atoms with van der Waals surface area (Å²) in [5.41, 5.74) is 6.27. The van der Waals surface area contributed by atoms with Gasteiger partial charge in [-0.2, -0.15) is 4.98 Å². The molecule has 1 fully saturated rings. The average molecular weight is 357 g/mol. The Hall–Kier alpha value is -3.01. The molecule has 0 bridgehead atoms. The third-order valence-electron chi connectivity index (χ3n) is 3.99. The number of thiazole rings is 1. The third-order valence-corrected chi connectivity index (χ3v) is 5.05. The van der Waals surface area contributed by atoms with Crippen LogP contribution in [0.2, 0.25) is 0 Å². The minimum Gasteiger partial charge on any atom is -0.367 e. The van der Waals surface area contributed by atoms with E-state index in [0.717, 1.165) is 10.2 Å². The van der Waals surface area contributed by atoms with E-state index in [-0.39, 0.29) is 30.7 Å². The SMILES string of the molecule is Nc1n[nH]c(CNC(=O)C2CC(=O)N(c3nc4ccccc4s3)C2)n1. The number of anilines is 2. The first kappa shape index (κ1) is 15.5. The fourth-order valence-electron chi connectivity index (χ4n) is 2.75. The molecule has 0 radical (unpaired) electrons. The largest absolute Gasteiger partial charge is 0.367 e. The first-order valence-electron chi connectivity index (χ1n) is 7.70. The van der Waals surface area contributed by atoms with Crippen molar-refractivity contribution in [1.82, 2.24) is 25.5 Å². The van der Waals surface area contributed by atoms with E-state index in [1.54, 1.807) is 4.90 Å². The summed E-state index contributed by atoms with van der Waals surface area (Å²) in [5, 5.41) is 9.70. The molecule has 25 heavy (non-hydrogen) atoms. The molecule has 1 aromatic carbocycles. The van der Waals surface area contributed by atoms with Gasteiger partial charge in [-0.05, 0) is 12.1 Å². The van der Waals surface area contributed by atoms with Gasteiger partial charge in [0, 0.05) is 13.0 Å². The van der Waals surface area contributed by atoms with Crippen molar-refractivity contribution in [2.24, 2.45) is 5.92 Å². The fourth-order valence-corrected chi connectivity index (χ4v) is 3.74. The molecule has 3 aromatic rings. The maximum Gasteiger partial charge on any atom is 0.239 e. The van der Waals surface area contributed by atoms with Gasteiger partial charge in [0.05, 0.1) is 22.7 Å². The minimum absolute atomic E-state index is 0.0943. The number of fused-ring (bicyclic) bond motifs is 1. The van der Waals surface area contributed by atoms with E-state index in [1.807, 2.05) is 24.3 Å². The molecule has 1 aliphatic rings. The van der Waals surface area contributed by atoms with E-state index in [0.29, 0.717) is 17.5 Å². The molecule has 9 nitrogen and oxygen atoms in total. The summed E-state index contributed by atoms with van der Waals surface area (Å²) in [6.07, 6.45) is 0.167. The van der Waals surface area contributed by atoms with Gasteiger partial charge in [-0.25, -0.2) is 4.98 Å². The van der Waals surface area contributed by atoms with Crippen LogP contribution in [-0.2, 0) is 16.1 Å². The lowest BCUT2D eigenvalue weighted by Gasteiger charge is -2.12. The van der Waals surface area contributed by atoms with Gasteiger partial charge in [0.25, 0.3) is 0 Å². The average Bonchev–Trinajstić information content (AvgIpc) is 3.30. The van der Waals surface area contributed by atoms with Crippen LogP contribution in [0.15, 0.2) is 24.3 Å². The van der Waals surface area contributed by atoms with Gasteiger partial charge in [-0.15, -0.1) is 5.10 Å². The van der Waals surface area contributed by atoms with Crippen molar-refractivity contribution in [3.63, 3.8) is 0 Å². The van der Waals surface area contributed by atoms with E-state index >= 15 is 0 Å². The molecular weight excluding hydrogens is 342 g/mol. The lowest BCUT2D eigenvalue weighted by molar-refractivity contribution is -0.126. The number of carbonyl (C=O) groups is 2. The predicted molar refractivity (Wildman–Crippen MR) is 92.7 cm³/mol. The molecular formula is C15H15N7O2S. The van der Waals surface area contributed by atoms with Crippen LogP contribution < -0.4 is 16.0 Å². The van der Waals surface area contributed by atoms with E-state index in [4.69, 9.17) is 5.73 Å². The molecule has 1 saturated heterocycles. The summed E-state index contributed by atoms with van der Waals surface area (Å²) in [6.45, 7) is 0.512. The Morgan fingerprint density at radius 2 is 2.24 bits per heavy atom. The molecule has 0 aliphatic carbocycles. The summed E-state index contributed by atoms with van der Waals surface area (Å²) in [4.78, 5) is 34.6. The molecule has 1 unspecified atom stereocenters. The maximum atomic E-state index is 12.3. The van der Waals surface area contributed by atoms with Crippen LogP contribution in [0.25, 0.3) is 10.2 Å². The van der Waals surface area contributed by atoms with Crippen molar-refractivity contribution >= 4 is 44.4 Å². The van der Waals surface area contributed by atoms with Crippen LogP contribution in [0.3, 0.4) is 0 Å². The van der Waals surface area contributed by atoms with Crippen LogP contribution in [0.1, 0.15) is 12.2 Å². The number of para-hydroxylation sites is 1. The smallest absolute Gasteiger partial charge is 0.239 e. The standard InChI is InChI=1S/C15H15N7O2S/c16-14-19-11(20-21-14)6-17-13(24)8-5-12(23)22(7-8)15-18-9-3-1-2-4-10(9)25-15/h1-4,8H,5-7H2,(H,17,24)(H3,16,19,20,21). The van der Waals surface area contributed by atoms with Crippen LogP contribution >= 0.6 is 11.3 Å². The predicted octanol–water partition coefficient (Wildman–Crippen LogP) is 0.666. The Balaban J connectivity index is 1.43. The number of nitrogen functional groups attached to an aromatic ring is 1. The van der Waals surface area contributed by atoms with Crippen molar-refractivity contribution in [2.45, 2.75) is 13.0 Å². The number of amides is 2. The second-order valence-corrected chi connectivity index (χ2v) is 6.74. The maximum absolute atomic E-state index is 12.3. The second kappa shape index (κ2) is 6.13. The van der Waals surface area contributed by atoms with Crippen LogP contribution in [0.4, 0.5) is 11.1 Å². The molecule has 4 N–H and O–H groups in total. The van der Waals surface area contributed by atoms with E-state index < -0.39 is 5.92 Å². The summed E-state index contributed by atoms with van der Waals surface area (Å²) in [5.74, 6) is -0.115. The van der Waals surface area contributed by atoms with Crippen molar-refractivity contribution in [3.05, 3.63) is 30.1 Å². The molecule has 2 amide bonds. The summed E-state index contributed by atoms with van der Waals surface area (Å²) in [7, 11) is 0. The van der Waals surface area contributed by atoms with Crippen molar-refractivity contribution in [2.75, 3.05) is 17.2 Å². The number of carbonyl (C=O) groups excluding carboxylic acids is 2. The van der Waals surface area contributed by atoms with Crippen molar-refractivity contribution in [3.8, 4) is 0 Å². The summed E-state index contributed by atoms with van der Waals surface area (Å²) in [6, 6.07) is 7.71. The highest BCUT2D eigenvalue weighted by Gasteiger charge is 2.36. The highest BCUT2D eigenvalue weighted by Crippen LogP contribution is 2.32. The first-order valence-corrected chi connectivity index (χ1v) is 8.52. The summed E-state index contributed by atoms with van der Waals surface area (Å²) >= 11 is 1.45. The second-order valence-electron chi connectivity index (χ2n) is 5.73. The number of hydrogen-bond donors (Lipinski definition) is 3. The number of nitrogens with zero attached hydrogens (tertiary/aromatic N) is 4. The Labute approximate surface area is 146 Å². The van der Waals surface area contributed by atoms with Gasteiger partial charge in [-0.3, -0.25) is 19.6 Å². The van der Waals surface area contributed by atoms with Gasteiger partial charge < -0.3 is 11.1 Å². The van der Waals surface area contributed by atoms with E-state index in [2.05, 4.69) is 25.5 Å². The Morgan fingerprint density at radius 3 is 3.00 bits per heavy atom. The van der Waals surface area contributed by atoms with E-state index in [1.165, 1.54) is 11.3 Å². The molecule has 1 aliphatic heterocycles. The van der Waals surface area contributed by atoms with Crippen LogP contribution in [0, 0.1) is 5.92 Å². The number of hydrogen-bond acceptors (Lipinski definition) is 7. The zero-order valence-corrected chi connectivity index (χ0v) is 13.9. The molecule has 2 aromatic heterocycles. The third kappa shape index (κ3) is 3.03. The molecule has 1 atom stereocenters. The van der Waals surface area contributed by atoms with Gasteiger partial charge in [-0.1, -0.05) is 23.5 Å².